The van der Waals surface area contributed by atoms with Gasteiger partial charge in [-0.15, -0.1) is 0 Å². The van der Waals surface area contributed by atoms with Crippen molar-refractivity contribution in [3.63, 3.8) is 0 Å². The lowest BCUT2D eigenvalue weighted by Gasteiger charge is -2.08. The van der Waals surface area contributed by atoms with Gasteiger partial charge in [-0.05, 0) is 42.8 Å². The van der Waals surface area contributed by atoms with Crippen LogP contribution in [0.3, 0.4) is 0 Å². The molecule has 0 aliphatic heterocycles. The van der Waals surface area contributed by atoms with Crippen molar-refractivity contribution in [3.8, 4) is 5.75 Å². The fourth-order valence-electron chi connectivity index (χ4n) is 1.84. The van der Waals surface area contributed by atoms with Crippen LogP contribution in [0.25, 0.3) is 6.08 Å². The van der Waals surface area contributed by atoms with Gasteiger partial charge in [0.05, 0.1) is 22.3 Å². The molecule has 0 heterocycles. The summed E-state index contributed by atoms with van der Waals surface area (Å²) in [7, 11) is 0. The van der Waals surface area contributed by atoms with Crippen LogP contribution < -0.4 is 10.1 Å². The highest BCUT2D eigenvalue weighted by atomic mass is 35.5. The van der Waals surface area contributed by atoms with Crippen molar-refractivity contribution in [2.45, 2.75) is 6.92 Å². The van der Waals surface area contributed by atoms with Crippen molar-refractivity contribution in [2.24, 2.45) is 0 Å². The van der Waals surface area contributed by atoms with Crippen molar-refractivity contribution in [1.82, 2.24) is 0 Å². The number of benzene rings is 2. The van der Waals surface area contributed by atoms with Gasteiger partial charge in [-0.2, -0.15) is 0 Å². The van der Waals surface area contributed by atoms with E-state index in [1.54, 1.807) is 6.08 Å². The van der Waals surface area contributed by atoms with E-state index in [0.29, 0.717) is 17.3 Å². The van der Waals surface area contributed by atoms with E-state index in [2.05, 4.69) is 5.32 Å². The van der Waals surface area contributed by atoms with Crippen molar-refractivity contribution in [1.29, 1.82) is 0 Å². The van der Waals surface area contributed by atoms with Gasteiger partial charge < -0.3 is 10.1 Å². The zero-order chi connectivity index (χ0) is 16.8. The number of amides is 1. The lowest BCUT2D eigenvalue weighted by molar-refractivity contribution is -0.111. The molecule has 0 fully saturated rings. The zero-order valence-electron chi connectivity index (χ0n) is 12.3. The van der Waals surface area contributed by atoms with Crippen LogP contribution in [0.1, 0.15) is 12.5 Å². The third-order valence-corrected chi connectivity index (χ3v) is 3.69. The van der Waals surface area contributed by atoms with Gasteiger partial charge in [0.2, 0.25) is 5.91 Å². The largest absolute Gasteiger partial charge is 0.494 e. The highest BCUT2D eigenvalue weighted by Crippen LogP contribution is 2.33. The Balaban J connectivity index is 2.04. The third-order valence-electron chi connectivity index (χ3n) is 2.87. The Morgan fingerprint density at radius 1 is 1.13 bits per heavy atom. The second-order valence-electron chi connectivity index (χ2n) is 4.57. The first-order chi connectivity index (χ1) is 11.0. The van der Waals surface area contributed by atoms with Gasteiger partial charge in [0.25, 0.3) is 0 Å². The van der Waals surface area contributed by atoms with E-state index in [4.69, 9.17) is 39.5 Å². The first-order valence-electron chi connectivity index (χ1n) is 6.86. The van der Waals surface area contributed by atoms with E-state index in [-0.39, 0.29) is 16.0 Å². The molecule has 3 nitrogen and oxygen atoms in total. The van der Waals surface area contributed by atoms with E-state index in [9.17, 15) is 4.79 Å². The number of nitrogens with one attached hydrogen (secondary N) is 1. The van der Waals surface area contributed by atoms with Crippen LogP contribution >= 0.6 is 34.8 Å². The Morgan fingerprint density at radius 3 is 2.30 bits per heavy atom. The molecule has 0 aliphatic rings. The lowest BCUT2D eigenvalue weighted by Crippen LogP contribution is -2.08. The number of ether oxygens (including phenoxy) is 1. The number of carbonyl (C=O) groups excluding carboxylic acids is 1. The Morgan fingerprint density at radius 2 is 1.74 bits per heavy atom. The highest BCUT2D eigenvalue weighted by Gasteiger charge is 2.09. The van der Waals surface area contributed by atoms with Crippen LogP contribution in [-0.2, 0) is 4.79 Å². The van der Waals surface area contributed by atoms with Crippen LogP contribution in [0.2, 0.25) is 15.1 Å². The molecular weight excluding hydrogens is 357 g/mol. The molecule has 2 aromatic rings. The van der Waals surface area contributed by atoms with Crippen LogP contribution in [0.15, 0.2) is 42.5 Å². The molecule has 0 bridgehead atoms. The minimum Gasteiger partial charge on any atom is -0.494 e. The molecule has 0 aromatic heterocycles. The van der Waals surface area contributed by atoms with Crippen molar-refractivity contribution >= 4 is 52.5 Å². The van der Waals surface area contributed by atoms with Crippen LogP contribution in [0.4, 0.5) is 5.69 Å². The topological polar surface area (TPSA) is 38.3 Å². The molecule has 0 radical (unpaired) electrons. The number of rotatable bonds is 5. The zero-order valence-corrected chi connectivity index (χ0v) is 14.5. The first kappa shape index (κ1) is 17.7. The van der Waals surface area contributed by atoms with E-state index in [1.165, 1.54) is 18.2 Å². The molecule has 23 heavy (non-hydrogen) atoms. The normalized spacial score (nSPS) is 10.8. The van der Waals surface area contributed by atoms with Crippen molar-refractivity contribution in [2.75, 3.05) is 11.9 Å². The summed E-state index contributed by atoms with van der Waals surface area (Å²) in [6.45, 7) is 2.53. The summed E-state index contributed by atoms with van der Waals surface area (Å²) in [6, 6.07) is 10.4. The Hall–Kier alpha value is -1.68. The van der Waals surface area contributed by atoms with Gasteiger partial charge in [0, 0.05) is 11.1 Å². The average Bonchev–Trinajstić information content (AvgIpc) is 2.50. The Labute approximate surface area is 149 Å². The van der Waals surface area contributed by atoms with Gasteiger partial charge in [-0.3, -0.25) is 4.79 Å². The number of carbonyl (C=O) groups is 1. The Kier molecular flexibility index (Phi) is 6.34. The van der Waals surface area contributed by atoms with Gasteiger partial charge in [0.1, 0.15) is 5.75 Å². The second-order valence-corrected chi connectivity index (χ2v) is 5.82. The van der Waals surface area contributed by atoms with Crippen molar-refractivity contribution in [3.05, 3.63) is 63.1 Å². The molecule has 1 N–H and O–H groups in total. The summed E-state index contributed by atoms with van der Waals surface area (Å²) in [5, 5.41) is 3.61. The number of hydrogen-bond acceptors (Lipinski definition) is 2. The Bertz CT molecular complexity index is 704. The van der Waals surface area contributed by atoms with E-state index >= 15 is 0 Å². The van der Waals surface area contributed by atoms with Crippen molar-refractivity contribution < 1.29 is 9.53 Å². The van der Waals surface area contributed by atoms with Crippen LogP contribution in [0, 0.1) is 0 Å². The fourth-order valence-corrected chi connectivity index (χ4v) is 2.75. The predicted octanol–water partition coefficient (Wildman–Crippen LogP) is 5.70. The minimum atomic E-state index is -0.343. The first-order valence-corrected chi connectivity index (χ1v) is 7.99. The summed E-state index contributed by atoms with van der Waals surface area (Å²) in [5.41, 5.74) is 1.20. The molecule has 0 spiro atoms. The smallest absolute Gasteiger partial charge is 0.248 e. The lowest BCUT2D eigenvalue weighted by atomic mass is 10.2. The highest BCUT2D eigenvalue weighted by molar-refractivity contribution is 6.42. The summed E-state index contributed by atoms with van der Waals surface area (Å²) >= 11 is 17.9. The standard InChI is InChI=1S/C17H14Cl3NO2/c1-2-23-13-6-3-11(4-7-13)5-8-16(22)21-17-14(19)9-12(18)10-15(17)20/h3-10H,2H2,1H3,(H,21,22)/b8-5+. The molecule has 2 aromatic carbocycles. The number of hydrogen-bond donors (Lipinski definition) is 1. The minimum absolute atomic E-state index is 0.283. The molecule has 0 saturated heterocycles. The number of anilines is 1. The molecular formula is C17H14Cl3NO2. The maximum absolute atomic E-state index is 12.0. The molecule has 1 amide bonds. The number of halogens is 3. The molecule has 6 heteroatoms. The molecule has 2 rings (SSSR count). The molecule has 0 saturated carbocycles. The SMILES string of the molecule is CCOc1ccc(/C=C/C(=O)Nc2c(Cl)cc(Cl)cc2Cl)cc1. The van der Waals surface area contributed by atoms with Gasteiger partial charge >= 0.3 is 0 Å². The van der Waals surface area contributed by atoms with E-state index in [1.807, 2.05) is 31.2 Å². The van der Waals surface area contributed by atoms with Crippen LogP contribution in [0.5, 0.6) is 5.75 Å². The average molecular weight is 371 g/mol. The summed E-state index contributed by atoms with van der Waals surface area (Å²) in [5.74, 6) is 0.443. The van der Waals surface area contributed by atoms with Gasteiger partial charge in [0.15, 0.2) is 0 Å². The van der Waals surface area contributed by atoms with Crippen LogP contribution in [-0.4, -0.2) is 12.5 Å². The van der Waals surface area contributed by atoms with E-state index in [0.717, 1.165) is 11.3 Å². The summed E-state index contributed by atoms with van der Waals surface area (Å²) < 4.78 is 5.36. The molecule has 0 unspecified atom stereocenters. The molecule has 120 valence electrons. The summed E-state index contributed by atoms with van der Waals surface area (Å²) in [6.07, 6.45) is 3.08. The maximum atomic E-state index is 12.0. The predicted molar refractivity (Wildman–Crippen MR) is 96.7 cm³/mol. The summed E-state index contributed by atoms with van der Waals surface area (Å²) in [4.78, 5) is 12.0. The van der Waals surface area contributed by atoms with Gasteiger partial charge in [-0.1, -0.05) is 46.9 Å². The third kappa shape index (κ3) is 5.17. The monoisotopic (exact) mass is 369 g/mol. The second kappa shape index (κ2) is 8.25. The molecule has 0 atom stereocenters. The molecule has 0 aliphatic carbocycles. The van der Waals surface area contributed by atoms with E-state index < -0.39 is 0 Å². The fraction of sp³-hybridized carbons (Fsp3) is 0.118. The maximum Gasteiger partial charge on any atom is 0.248 e. The van der Waals surface area contributed by atoms with Gasteiger partial charge in [-0.25, -0.2) is 0 Å². The quantitative estimate of drug-likeness (QED) is 0.686.